The van der Waals surface area contributed by atoms with E-state index in [4.69, 9.17) is 9.47 Å². The molecule has 2 aromatic rings. The molecule has 0 bridgehead atoms. The summed E-state index contributed by atoms with van der Waals surface area (Å²) < 4.78 is 37.6. The molecule has 1 heterocycles. The first-order valence-electron chi connectivity index (χ1n) is 10.6. The maximum absolute atomic E-state index is 12.7. The van der Waals surface area contributed by atoms with Crippen LogP contribution in [0.2, 0.25) is 0 Å². The SMILES string of the molecule is C[C@H](OC(=O)[C@@H](C)Oc1ccccc1)C(=O)Nc1ccc(S(=O)(=O)N2CCCCC2)cc1. The van der Waals surface area contributed by atoms with E-state index in [1.165, 1.54) is 35.5 Å². The van der Waals surface area contributed by atoms with Crippen LogP contribution in [0.5, 0.6) is 5.75 Å². The van der Waals surface area contributed by atoms with Crippen LogP contribution in [0.15, 0.2) is 59.5 Å². The molecule has 1 amide bonds. The highest BCUT2D eigenvalue weighted by Gasteiger charge is 2.26. The normalized spacial score (nSPS) is 16.6. The first-order valence-corrected chi connectivity index (χ1v) is 12.0. The number of rotatable bonds is 8. The van der Waals surface area contributed by atoms with Crippen LogP contribution in [-0.2, 0) is 24.3 Å². The van der Waals surface area contributed by atoms with Gasteiger partial charge in [0.25, 0.3) is 5.91 Å². The summed E-state index contributed by atoms with van der Waals surface area (Å²) in [6, 6.07) is 14.8. The summed E-state index contributed by atoms with van der Waals surface area (Å²) in [6.45, 7) is 4.05. The van der Waals surface area contributed by atoms with Gasteiger partial charge < -0.3 is 14.8 Å². The lowest BCUT2D eigenvalue weighted by Gasteiger charge is -2.25. The predicted molar refractivity (Wildman–Crippen MR) is 120 cm³/mol. The third-order valence-corrected chi connectivity index (χ3v) is 7.04. The van der Waals surface area contributed by atoms with E-state index in [1.807, 2.05) is 6.07 Å². The Kier molecular flexibility index (Phi) is 7.87. The molecule has 3 rings (SSSR count). The number of sulfonamides is 1. The number of nitrogens with zero attached hydrogens (tertiary/aromatic N) is 1. The number of amides is 1. The molecule has 0 aromatic heterocycles. The Labute approximate surface area is 188 Å². The van der Waals surface area contributed by atoms with Crippen molar-refractivity contribution in [3.8, 4) is 5.75 Å². The van der Waals surface area contributed by atoms with Crippen molar-refractivity contribution in [2.45, 2.75) is 50.2 Å². The van der Waals surface area contributed by atoms with Gasteiger partial charge in [-0.3, -0.25) is 4.79 Å². The van der Waals surface area contributed by atoms with Gasteiger partial charge in [-0.1, -0.05) is 24.6 Å². The van der Waals surface area contributed by atoms with E-state index in [0.29, 0.717) is 24.5 Å². The van der Waals surface area contributed by atoms with E-state index in [-0.39, 0.29) is 4.90 Å². The van der Waals surface area contributed by atoms with Gasteiger partial charge in [-0.2, -0.15) is 4.31 Å². The van der Waals surface area contributed by atoms with Gasteiger partial charge in [-0.25, -0.2) is 13.2 Å². The number of anilines is 1. The Bertz CT molecular complexity index is 1020. The molecule has 0 radical (unpaired) electrons. The summed E-state index contributed by atoms with van der Waals surface area (Å²) in [4.78, 5) is 24.8. The van der Waals surface area contributed by atoms with Crippen LogP contribution in [0.4, 0.5) is 5.69 Å². The smallest absolute Gasteiger partial charge is 0.347 e. The Morgan fingerprint density at radius 3 is 2.16 bits per heavy atom. The fourth-order valence-corrected chi connectivity index (χ4v) is 4.80. The van der Waals surface area contributed by atoms with E-state index in [9.17, 15) is 18.0 Å². The van der Waals surface area contributed by atoms with Gasteiger partial charge in [0.15, 0.2) is 12.2 Å². The number of carbonyl (C=O) groups excluding carboxylic acids is 2. The molecular weight excluding hydrogens is 432 g/mol. The number of nitrogens with one attached hydrogen (secondary N) is 1. The van der Waals surface area contributed by atoms with Crippen LogP contribution in [0.3, 0.4) is 0 Å². The molecule has 2 aromatic carbocycles. The van der Waals surface area contributed by atoms with Gasteiger partial charge in [0, 0.05) is 18.8 Å². The lowest BCUT2D eigenvalue weighted by atomic mass is 10.2. The largest absolute Gasteiger partial charge is 0.479 e. The van der Waals surface area contributed by atoms with Crippen molar-refractivity contribution < 1.29 is 27.5 Å². The highest BCUT2D eigenvalue weighted by atomic mass is 32.2. The Hall–Kier alpha value is -2.91. The number of esters is 1. The Morgan fingerprint density at radius 1 is 0.906 bits per heavy atom. The Morgan fingerprint density at radius 2 is 1.53 bits per heavy atom. The van der Waals surface area contributed by atoms with Crippen molar-refractivity contribution in [1.82, 2.24) is 4.31 Å². The quantitative estimate of drug-likeness (QED) is 0.607. The minimum absolute atomic E-state index is 0.184. The monoisotopic (exact) mass is 460 g/mol. The molecule has 0 spiro atoms. The molecule has 8 nitrogen and oxygen atoms in total. The van der Waals surface area contributed by atoms with E-state index in [1.54, 1.807) is 31.2 Å². The molecule has 2 atom stereocenters. The number of para-hydroxylation sites is 1. The van der Waals surface area contributed by atoms with Crippen molar-refractivity contribution in [2.75, 3.05) is 18.4 Å². The summed E-state index contributed by atoms with van der Waals surface area (Å²) in [5.74, 6) is -0.676. The topological polar surface area (TPSA) is 102 Å². The number of carbonyl (C=O) groups is 2. The first-order chi connectivity index (χ1) is 15.3. The van der Waals surface area contributed by atoms with E-state index >= 15 is 0 Å². The number of ether oxygens (including phenoxy) is 2. The van der Waals surface area contributed by atoms with Crippen LogP contribution < -0.4 is 10.1 Å². The van der Waals surface area contributed by atoms with Crippen molar-refractivity contribution in [3.05, 3.63) is 54.6 Å². The molecule has 0 saturated carbocycles. The van der Waals surface area contributed by atoms with Crippen molar-refractivity contribution in [3.63, 3.8) is 0 Å². The second-order valence-corrected chi connectivity index (χ2v) is 9.57. The van der Waals surface area contributed by atoms with Gasteiger partial charge >= 0.3 is 5.97 Å². The fraction of sp³-hybridized carbons (Fsp3) is 0.391. The summed E-state index contributed by atoms with van der Waals surface area (Å²) in [5.41, 5.74) is 0.407. The molecule has 172 valence electrons. The van der Waals surface area contributed by atoms with E-state index in [0.717, 1.165) is 19.3 Å². The number of hydrogen-bond donors (Lipinski definition) is 1. The summed E-state index contributed by atoms with van der Waals surface area (Å²) in [5, 5.41) is 2.63. The third-order valence-electron chi connectivity index (χ3n) is 5.12. The number of benzene rings is 2. The fourth-order valence-electron chi connectivity index (χ4n) is 3.28. The van der Waals surface area contributed by atoms with Crippen molar-refractivity contribution >= 4 is 27.6 Å². The predicted octanol–water partition coefficient (Wildman–Crippen LogP) is 3.20. The van der Waals surface area contributed by atoms with Crippen LogP contribution in [0.25, 0.3) is 0 Å². The van der Waals surface area contributed by atoms with Gasteiger partial charge in [-0.15, -0.1) is 0 Å². The van der Waals surface area contributed by atoms with Crippen molar-refractivity contribution in [2.24, 2.45) is 0 Å². The van der Waals surface area contributed by atoms with Gasteiger partial charge in [0.05, 0.1) is 4.90 Å². The average Bonchev–Trinajstić information content (AvgIpc) is 2.80. The maximum Gasteiger partial charge on any atom is 0.347 e. The molecular formula is C23H28N2O6S. The average molecular weight is 461 g/mol. The molecule has 1 fully saturated rings. The third kappa shape index (κ3) is 6.08. The second kappa shape index (κ2) is 10.6. The molecule has 0 unspecified atom stereocenters. The van der Waals surface area contributed by atoms with Gasteiger partial charge in [0.1, 0.15) is 5.75 Å². The van der Waals surface area contributed by atoms with Crippen LogP contribution in [0.1, 0.15) is 33.1 Å². The summed E-state index contributed by atoms with van der Waals surface area (Å²) in [6.07, 6.45) is 0.822. The summed E-state index contributed by atoms with van der Waals surface area (Å²) >= 11 is 0. The van der Waals surface area contributed by atoms with Gasteiger partial charge in [-0.05, 0) is 63.1 Å². The van der Waals surface area contributed by atoms with E-state index in [2.05, 4.69) is 5.32 Å². The zero-order chi connectivity index (χ0) is 23.1. The van der Waals surface area contributed by atoms with Gasteiger partial charge in [0.2, 0.25) is 10.0 Å². The van der Waals surface area contributed by atoms with Crippen LogP contribution >= 0.6 is 0 Å². The van der Waals surface area contributed by atoms with E-state index < -0.39 is 34.1 Å². The number of hydrogen-bond acceptors (Lipinski definition) is 6. The lowest BCUT2D eigenvalue weighted by molar-refractivity contribution is -0.159. The molecule has 1 saturated heterocycles. The molecule has 0 aliphatic carbocycles. The molecule has 1 aliphatic heterocycles. The zero-order valence-corrected chi connectivity index (χ0v) is 19.0. The van der Waals surface area contributed by atoms with Crippen LogP contribution in [0, 0.1) is 0 Å². The highest BCUT2D eigenvalue weighted by molar-refractivity contribution is 7.89. The van der Waals surface area contributed by atoms with Crippen molar-refractivity contribution in [1.29, 1.82) is 0 Å². The summed E-state index contributed by atoms with van der Waals surface area (Å²) in [7, 11) is -3.54. The zero-order valence-electron chi connectivity index (χ0n) is 18.2. The lowest BCUT2D eigenvalue weighted by Crippen LogP contribution is -2.35. The second-order valence-electron chi connectivity index (χ2n) is 7.63. The first kappa shape index (κ1) is 23.7. The maximum atomic E-state index is 12.7. The number of piperidine rings is 1. The molecule has 1 N–H and O–H groups in total. The minimum Gasteiger partial charge on any atom is -0.479 e. The molecule has 1 aliphatic rings. The highest BCUT2D eigenvalue weighted by Crippen LogP contribution is 2.22. The van der Waals surface area contributed by atoms with Crippen LogP contribution in [-0.4, -0.2) is 49.9 Å². The molecule has 9 heteroatoms. The standard InChI is InChI=1S/C23H28N2O6S/c1-17(31-23(27)18(2)30-20-9-5-3-6-10-20)22(26)24-19-11-13-21(14-12-19)32(28,29)25-15-7-4-8-16-25/h3,5-6,9-14,17-18H,4,7-8,15-16H2,1-2H3,(H,24,26)/t17-,18+/m0/s1. The molecule has 32 heavy (non-hydrogen) atoms. The Balaban J connectivity index is 1.54. The minimum atomic E-state index is -3.54.